The van der Waals surface area contributed by atoms with Gasteiger partial charge in [0.25, 0.3) is 5.91 Å². The van der Waals surface area contributed by atoms with E-state index in [4.69, 9.17) is 9.47 Å². The average Bonchev–Trinajstić information content (AvgIpc) is 3.52. The second kappa shape index (κ2) is 12.3. The van der Waals surface area contributed by atoms with E-state index >= 15 is 0 Å². The van der Waals surface area contributed by atoms with E-state index in [-0.39, 0.29) is 24.1 Å². The van der Waals surface area contributed by atoms with E-state index in [1.54, 1.807) is 35.9 Å². The summed E-state index contributed by atoms with van der Waals surface area (Å²) >= 11 is 2.52. The number of thioether (sulfide) groups is 1. The van der Waals surface area contributed by atoms with Gasteiger partial charge in [-0.3, -0.25) is 19.5 Å². The number of carbonyl (C=O) groups excluding carboxylic acids is 2. The van der Waals surface area contributed by atoms with E-state index < -0.39 is 0 Å². The fourth-order valence-corrected chi connectivity index (χ4v) is 4.64. The fraction of sp³-hybridized carbons (Fsp3) is 0.250. The summed E-state index contributed by atoms with van der Waals surface area (Å²) in [4.78, 5) is 25.1. The Balaban J connectivity index is 1.50. The highest BCUT2D eigenvalue weighted by Crippen LogP contribution is 2.25. The second-order valence-corrected chi connectivity index (χ2v) is 9.66. The number of nitrogens with zero attached hydrogens (tertiary/aromatic N) is 5. The van der Waals surface area contributed by atoms with Crippen molar-refractivity contribution in [3.63, 3.8) is 0 Å². The summed E-state index contributed by atoms with van der Waals surface area (Å²) in [5.41, 5.74) is 1.26. The zero-order valence-electron chi connectivity index (χ0n) is 20.4. The monoisotopic (exact) mass is 539 g/mol. The van der Waals surface area contributed by atoms with Crippen LogP contribution in [-0.2, 0) is 11.3 Å². The van der Waals surface area contributed by atoms with Crippen LogP contribution in [0.3, 0.4) is 0 Å². The number of ether oxygens (including phenoxy) is 2. The lowest BCUT2D eigenvalue weighted by Crippen LogP contribution is -2.24. The van der Waals surface area contributed by atoms with E-state index in [2.05, 4.69) is 31.0 Å². The van der Waals surface area contributed by atoms with Crippen molar-refractivity contribution < 1.29 is 19.1 Å². The molecule has 37 heavy (non-hydrogen) atoms. The van der Waals surface area contributed by atoms with Gasteiger partial charge in [-0.15, -0.1) is 20.4 Å². The van der Waals surface area contributed by atoms with Crippen molar-refractivity contribution in [3.8, 4) is 17.2 Å². The molecule has 4 aromatic rings. The highest BCUT2D eigenvalue weighted by Gasteiger charge is 2.18. The third-order valence-electron chi connectivity index (χ3n) is 4.97. The maximum absolute atomic E-state index is 12.7. The van der Waals surface area contributed by atoms with Crippen LogP contribution in [0.4, 0.5) is 5.13 Å². The minimum absolute atomic E-state index is 0.0893. The molecule has 11 nitrogen and oxygen atoms in total. The number of amides is 2. The van der Waals surface area contributed by atoms with E-state index in [9.17, 15) is 9.59 Å². The lowest BCUT2D eigenvalue weighted by Gasteiger charge is -2.12. The van der Waals surface area contributed by atoms with Gasteiger partial charge in [-0.1, -0.05) is 23.1 Å². The van der Waals surface area contributed by atoms with Crippen LogP contribution in [0.5, 0.6) is 11.5 Å². The number of carbonyl (C=O) groups is 2. The Hall–Kier alpha value is -3.97. The first-order chi connectivity index (χ1) is 18.0. The zero-order chi connectivity index (χ0) is 26.2. The lowest BCUT2D eigenvalue weighted by atomic mass is 10.2. The Morgan fingerprint density at radius 3 is 2.38 bits per heavy atom. The topological polar surface area (TPSA) is 133 Å². The predicted octanol–water partition coefficient (Wildman–Crippen LogP) is 3.50. The van der Waals surface area contributed by atoms with Crippen molar-refractivity contribution in [2.24, 2.45) is 0 Å². The third kappa shape index (κ3) is 6.83. The Bertz CT molecular complexity index is 1350. The number of anilines is 1. The van der Waals surface area contributed by atoms with Crippen molar-refractivity contribution in [2.75, 3.05) is 24.8 Å². The lowest BCUT2D eigenvalue weighted by molar-refractivity contribution is -0.113. The normalized spacial score (nSPS) is 10.7. The molecule has 2 N–H and O–H groups in total. The molecule has 0 saturated heterocycles. The summed E-state index contributed by atoms with van der Waals surface area (Å²) in [5.74, 6) is 1.50. The van der Waals surface area contributed by atoms with Gasteiger partial charge in [0.15, 0.2) is 11.0 Å². The first kappa shape index (κ1) is 26.1. The van der Waals surface area contributed by atoms with Gasteiger partial charge in [0, 0.05) is 11.3 Å². The predicted molar refractivity (Wildman–Crippen MR) is 141 cm³/mol. The summed E-state index contributed by atoms with van der Waals surface area (Å²) in [6.45, 7) is 4.41. The molecule has 0 aliphatic carbocycles. The molecule has 0 aliphatic rings. The summed E-state index contributed by atoms with van der Waals surface area (Å²) in [7, 11) is 1.57. The number of nitrogens with one attached hydrogen (secondary N) is 2. The van der Waals surface area contributed by atoms with Gasteiger partial charge in [0.05, 0.1) is 26.0 Å². The second-order valence-electron chi connectivity index (χ2n) is 7.54. The molecule has 0 unspecified atom stereocenters. The smallest absolute Gasteiger partial charge is 0.251 e. The Morgan fingerprint density at radius 1 is 1.00 bits per heavy atom. The largest absolute Gasteiger partial charge is 0.497 e. The Morgan fingerprint density at radius 2 is 1.73 bits per heavy atom. The van der Waals surface area contributed by atoms with Crippen molar-refractivity contribution in [1.82, 2.24) is 30.3 Å². The minimum Gasteiger partial charge on any atom is -0.497 e. The Kier molecular flexibility index (Phi) is 8.69. The van der Waals surface area contributed by atoms with Crippen molar-refractivity contribution >= 4 is 40.0 Å². The summed E-state index contributed by atoms with van der Waals surface area (Å²) in [6.07, 6.45) is 0. The number of rotatable bonds is 11. The van der Waals surface area contributed by atoms with Gasteiger partial charge in [-0.25, -0.2) is 0 Å². The molecular weight excluding hydrogens is 514 g/mol. The molecule has 4 rings (SSSR count). The van der Waals surface area contributed by atoms with Crippen molar-refractivity contribution in [2.45, 2.75) is 25.5 Å². The molecule has 0 radical (unpaired) electrons. The van der Waals surface area contributed by atoms with Crippen LogP contribution in [0.2, 0.25) is 0 Å². The fourth-order valence-electron chi connectivity index (χ4n) is 3.26. The van der Waals surface area contributed by atoms with Gasteiger partial charge in [-0.05, 0) is 62.4 Å². The summed E-state index contributed by atoms with van der Waals surface area (Å²) in [6, 6.07) is 14.2. The molecule has 2 aromatic carbocycles. The van der Waals surface area contributed by atoms with Gasteiger partial charge >= 0.3 is 0 Å². The minimum atomic E-state index is -0.259. The van der Waals surface area contributed by atoms with Crippen molar-refractivity contribution in [1.29, 1.82) is 0 Å². The summed E-state index contributed by atoms with van der Waals surface area (Å²) in [5, 5.41) is 23.7. The maximum atomic E-state index is 12.7. The van der Waals surface area contributed by atoms with Crippen LogP contribution >= 0.6 is 23.1 Å². The molecular formula is C24H25N7O4S2. The van der Waals surface area contributed by atoms with Crippen LogP contribution in [0.1, 0.15) is 28.1 Å². The Labute approximate surface area is 221 Å². The molecule has 192 valence electrons. The molecule has 2 aromatic heterocycles. The van der Waals surface area contributed by atoms with Crippen LogP contribution in [0, 0.1) is 6.92 Å². The van der Waals surface area contributed by atoms with Crippen LogP contribution in [0.25, 0.3) is 5.69 Å². The van der Waals surface area contributed by atoms with Crippen LogP contribution < -0.4 is 20.1 Å². The highest BCUT2D eigenvalue weighted by molar-refractivity contribution is 7.99. The van der Waals surface area contributed by atoms with Crippen LogP contribution in [-0.4, -0.2) is 56.2 Å². The first-order valence-corrected chi connectivity index (χ1v) is 13.1. The highest BCUT2D eigenvalue weighted by atomic mass is 32.2. The molecule has 0 aliphatic heterocycles. The number of aryl methyl sites for hydroxylation is 1. The molecule has 0 saturated carbocycles. The average molecular weight is 540 g/mol. The van der Waals surface area contributed by atoms with E-state index in [1.165, 1.54) is 23.1 Å². The molecule has 0 atom stereocenters. The van der Waals surface area contributed by atoms with Crippen molar-refractivity contribution in [3.05, 3.63) is 64.9 Å². The molecule has 2 amide bonds. The van der Waals surface area contributed by atoms with E-state index in [0.717, 1.165) is 16.4 Å². The zero-order valence-corrected chi connectivity index (χ0v) is 22.1. The quantitative estimate of drug-likeness (QED) is 0.275. The van der Waals surface area contributed by atoms with Gasteiger partial charge in [0.2, 0.25) is 11.0 Å². The van der Waals surface area contributed by atoms with Gasteiger partial charge in [0.1, 0.15) is 16.5 Å². The number of hydrogen-bond acceptors (Lipinski definition) is 10. The SMILES string of the molecule is CCOc1ccc(-n2c(CNC(=O)c3ccc(OC)cc3)nnc2SCC(=O)Nc2nnc(C)s2)cc1. The first-order valence-electron chi connectivity index (χ1n) is 11.3. The standard InChI is InChI=1S/C24H25N7O4S2/c1-4-35-19-11-7-17(8-12-19)31-20(13-25-22(33)16-5-9-18(34-3)10-6-16)28-30-24(31)36-14-21(32)26-23-29-27-15(2)37-23/h5-12H,4,13-14H2,1-3H3,(H,25,33)(H,26,29,32). The van der Waals surface area contributed by atoms with Crippen LogP contribution in [0.15, 0.2) is 53.7 Å². The number of hydrogen-bond donors (Lipinski definition) is 2. The molecule has 0 fully saturated rings. The molecule has 0 bridgehead atoms. The number of aromatic nitrogens is 5. The van der Waals surface area contributed by atoms with Gasteiger partial charge < -0.3 is 14.8 Å². The number of benzene rings is 2. The van der Waals surface area contributed by atoms with E-state index in [0.29, 0.717) is 34.0 Å². The van der Waals surface area contributed by atoms with E-state index in [1.807, 2.05) is 38.1 Å². The third-order valence-corrected chi connectivity index (χ3v) is 6.65. The molecule has 2 heterocycles. The molecule has 0 spiro atoms. The number of methoxy groups -OCH3 is 1. The van der Waals surface area contributed by atoms with Gasteiger partial charge in [-0.2, -0.15) is 0 Å². The maximum Gasteiger partial charge on any atom is 0.251 e. The molecule has 13 heteroatoms. The summed E-state index contributed by atoms with van der Waals surface area (Å²) < 4.78 is 12.5.